The number of hydrogen-bond donors (Lipinski definition) is 3. The van der Waals surface area contributed by atoms with Crippen LogP contribution in [0.4, 0.5) is 21.0 Å². The first-order valence-corrected chi connectivity index (χ1v) is 11.8. The van der Waals surface area contributed by atoms with Gasteiger partial charge in [-0.3, -0.25) is 4.79 Å². The van der Waals surface area contributed by atoms with E-state index < -0.39 is 11.7 Å². The lowest BCUT2D eigenvalue weighted by atomic mass is 10.0. The number of alkyl carbamates (subject to hydrolysis) is 1. The Morgan fingerprint density at radius 1 is 0.943 bits per heavy atom. The Bertz CT molecular complexity index is 998. The molecule has 1 fully saturated rings. The molecule has 0 unspecified atom stereocenters. The fourth-order valence-corrected chi connectivity index (χ4v) is 3.59. The van der Waals surface area contributed by atoms with Gasteiger partial charge in [-0.2, -0.15) is 0 Å². The second kappa shape index (κ2) is 12.1. The zero-order valence-electron chi connectivity index (χ0n) is 20.5. The van der Waals surface area contributed by atoms with Crippen LogP contribution in [0.1, 0.15) is 39.2 Å². The molecule has 0 aliphatic carbocycles. The fourth-order valence-electron chi connectivity index (χ4n) is 3.59. The van der Waals surface area contributed by atoms with Gasteiger partial charge >= 0.3 is 12.2 Å². The summed E-state index contributed by atoms with van der Waals surface area (Å²) in [5.41, 5.74) is 1.75. The van der Waals surface area contributed by atoms with Crippen molar-refractivity contribution in [2.24, 2.45) is 0 Å². The SMILES string of the molecule is CC(C)(C)OC(=O)N1CCC(Nc2ccccc2NC(=O)CNC(=O)OCc2ccccc2)CC1. The molecule has 9 heteroatoms. The fraction of sp³-hybridized carbons (Fsp3) is 0.423. The predicted molar refractivity (Wildman–Crippen MR) is 134 cm³/mol. The molecule has 0 radical (unpaired) electrons. The van der Waals surface area contributed by atoms with Crippen molar-refractivity contribution < 1.29 is 23.9 Å². The topological polar surface area (TPSA) is 109 Å². The Kier molecular flexibility index (Phi) is 8.94. The third kappa shape index (κ3) is 8.84. The van der Waals surface area contributed by atoms with E-state index >= 15 is 0 Å². The number of nitrogens with zero attached hydrogens (tertiary/aromatic N) is 1. The molecule has 1 aliphatic heterocycles. The summed E-state index contributed by atoms with van der Waals surface area (Å²) >= 11 is 0. The van der Waals surface area contributed by atoms with Crippen LogP contribution in [0, 0.1) is 0 Å². The molecular formula is C26H34N4O5. The summed E-state index contributed by atoms with van der Waals surface area (Å²) in [6.07, 6.45) is 0.567. The molecule has 0 saturated carbocycles. The molecule has 3 N–H and O–H groups in total. The van der Waals surface area contributed by atoms with Gasteiger partial charge in [0.05, 0.1) is 11.4 Å². The molecule has 0 spiro atoms. The average molecular weight is 483 g/mol. The monoisotopic (exact) mass is 482 g/mol. The summed E-state index contributed by atoms with van der Waals surface area (Å²) in [6.45, 7) is 6.67. The van der Waals surface area contributed by atoms with Gasteiger partial charge in [0.15, 0.2) is 0 Å². The van der Waals surface area contributed by atoms with Crippen molar-refractivity contribution in [2.45, 2.75) is 51.9 Å². The molecule has 2 aromatic rings. The highest BCUT2D eigenvalue weighted by molar-refractivity contribution is 5.96. The van der Waals surface area contributed by atoms with Crippen molar-refractivity contribution in [3.63, 3.8) is 0 Å². The quantitative estimate of drug-likeness (QED) is 0.541. The lowest BCUT2D eigenvalue weighted by Crippen LogP contribution is -2.44. The van der Waals surface area contributed by atoms with Gasteiger partial charge in [0.25, 0.3) is 0 Å². The third-order valence-corrected chi connectivity index (χ3v) is 5.31. The minimum atomic E-state index is -0.660. The normalized spacial score (nSPS) is 14.1. The second-order valence-electron chi connectivity index (χ2n) is 9.40. The smallest absolute Gasteiger partial charge is 0.410 e. The van der Waals surface area contributed by atoms with Crippen LogP contribution in [-0.2, 0) is 20.9 Å². The largest absolute Gasteiger partial charge is 0.445 e. The van der Waals surface area contributed by atoms with E-state index in [0.29, 0.717) is 18.8 Å². The number of benzene rings is 2. The number of nitrogens with one attached hydrogen (secondary N) is 3. The molecule has 0 aromatic heterocycles. The molecule has 0 atom stereocenters. The summed E-state index contributed by atoms with van der Waals surface area (Å²) in [6, 6.07) is 16.9. The molecule has 35 heavy (non-hydrogen) atoms. The van der Waals surface area contributed by atoms with Crippen molar-refractivity contribution in [1.82, 2.24) is 10.2 Å². The number of carbonyl (C=O) groups excluding carboxylic acids is 3. The molecule has 0 bridgehead atoms. The first-order valence-electron chi connectivity index (χ1n) is 11.8. The van der Waals surface area contributed by atoms with Crippen molar-refractivity contribution in [3.8, 4) is 0 Å². The first kappa shape index (κ1) is 25.9. The zero-order valence-corrected chi connectivity index (χ0v) is 20.5. The highest BCUT2D eigenvalue weighted by atomic mass is 16.6. The Balaban J connectivity index is 1.44. The van der Waals surface area contributed by atoms with Crippen LogP contribution in [0.5, 0.6) is 0 Å². The number of carbonyl (C=O) groups is 3. The number of amides is 3. The van der Waals surface area contributed by atoms with E-state index in [-0.39, 0.29) is 31.2 Å². The van der Waals surface area contributed by atoms with Crippen LogP contribution < -0.4 is 16.0 Å². The minimum Gasteiger partial charge on any atom is -0.445 e. The van der Waals surface area contributed by atoms with E-state index in [0.717, 1.165) is 24.1 Å². The number of hydrogen-bond acceptors (Lipinski definition) is 6. The standard InChI is InChI=1S/C26H34N4O5/c1-26(2,3)35-25(33)30-15-13-20(14-16-30)28-21-11-7-8-12-22(21)29-23(31)17-27-24(32)34-18-19-9-5-4-6-10-19/h4-12,20,28H,13-18H2,1-3H3,(H,27,32)(H,29,31). The summed E-state index contributed by atoms with van der Waals surface area (Å²) in [7, 11) is 0. The maximum Gasteiger partial charge on any atom is 0.410 e. The average Bonchev–Trinajstić information content (AvgIpc) is 2.83. The molecule has 3 amide bonds. The van der Waals surface area contributed by atoms with E-state index in [2.05, 4.69) is 16.0 Å². The minimum absolute atomic E-state index is 0.133. The van der Waals surface area contributed by atoms with E-state index in [1.165, 1.54) is 0 Å². The molecule has 1 aliphatic rings. The molecular weight excluding hydrogens is 448 g/mol. The molecule has 1 heterocycles. The third-order valence-electron chi connectivity index (χ3n) is 5.31. The van der Waals surface area contributed by atoms with Gasteiger partial charge in [0, 0.05) is 19.1 Å². The van der Waals surface area contributed by atoms with Crippen LogP contribution in [0.3, 0.4) is 0 Å². The van der Waals surface area contributed by atoms with Crippen LogP contribution in [-0.4, -0.2) is 54.3 Å². The van der Waals surface area contributed by atoms with Gasteiger partial charge in [-0.25, -0.2) is 9.59 Å². The highest BCUT2D eigenvalue weighted by Crippen LogP contribution is 2.25. The molecule has 188 valence electrons. The van der Waals surface area contributed by atoms with E-state index in [9.17, 15) is 14.4 Å². The Labute approximate surface area is 206 Å². The number of ether oxygens (including phenoxy) is 2. The summed E-state index contributed by atoms with van der Waals surface area (Å²) in [5.74, 6) is -0.365. The van der Waals surface area contributed by atoms with Gasteiger partial charge < -0.3 is 30.3 Å². The van der Waals surface area contributed by atoms with Gasteiger partial charge in [-0.15, -0.1) is 0 Å². The molecule has 9 nitrogen and oxygen atoms in total. The summed E-state index contributed by atoms with van der Waals surface area (Å²) < 4.78 is 10.6. The van der Waals surface area contributed by atoms with Crippen LogP contribution >= 0.6 is 0 Å². The second-order valence-corrected chi connectivity index (χ2v) is 9.40. The first-order chi connectivity index (χ1) is 16.7. The van der Waals surface area contributed by atoms with Crippen molar-refractivity contribution in [2.75, 3.05) is 30.3 Å². The van der Waals surface area contributed by atoms with Gasteiger partial charge in [-0.1, -0.05) is 42.5 Å². The Hall–Kier alpha value is -3.75. The lowest BCUT2D eigenvalue weighted by molar-refractivity contribution is -0.115. The summed E-state index contributed by atoms with van der Waals surface area (Å²) in [4.78, 5) is 38.3. The summed E-state index contributed by atoms with van der Waals surface area (Å²) in [5, 5.41) is 8.75. The predicted octanol–water partition coefficient (Wildman–Crippen LogP) is 4.36. The van der Waals surface area contributed by atoms with Crippen molar-refractivity contribution >= 4 is 29.5 Å². The van der Waals surface area contributed by atoms with E-state index in [4.69, 9.17) is 9.47 Å². The van der Waals surface area contributed by atoms with Crippen LogP contribution in [0.2, 0.25) is 0 Å². The molecule has 3 rings (SSSR count). The Morgan fingerprint density at radius 2 is 1.57 bits per heavy atom. The highest BCUT2D eigenvalue weighted by Gasteiger charge is 2.27. The van der Waals surface area contributed by atoms with Gasteiger partial charge in [0.2, 0.25) is 5.91 Å². The molecule has 1 saturated heterocycles. The number of anilines is 2. The Morgan fingerprint density at radius 3 is 2.23 bits per heavy atom. The number of piperidine rings is 1. The maximum atomic E-state index is 12.4. The van der Waals surface area contributed by atoms with Crippen molar-refractivity contribution in [3.05, 3.63) is 60.2 Å². The maximum absolute atomic E-state index is 12.4. The van der Waals surface area contributed by atoms with E-state index in [1.807, 2.05) is 69.3 Å². The zero-order chi connectivity index (χ0) is 25.3. The lowest BCUT2D eigenvalue weighted by Gasteiger charge is -2.34. The molecule has 2 aromatic carbocycles. The van der Waals surface area contributed by atoms with Gasteiger partial charge in [0.1, 0.15) is 18.8 Å². The number of rotatable bonds is 7. The van der Waals surface area contributed by atoms with Crippen LogP contribution in [0.15, 0.2) is 54.6 Å². The van der Waals surface area contributed by atoms with E-state index in [1.54, 1.807) is 11.0 Å². The number of likely N-dealkylation sites (tertiary alicyclic amines) is 1. The number of para-hydroxylation sites is 2. The van der Waals surface area contributed by atoms with Crippen molar-refractivity contribution in [1.29, 1.82) is 0 Å². The van der Waals surface area contributed by atoms with Gasteiger partial charge in [-0.05, 0) is 51.3 Å². The van der Waals surface area contributed by atoms with Crippen LogP contribution in [0.25, 0.3) is 0 Å².